The second kappa shape index (κ2) is 9.23. The Morgan fingerprint density at radius 2 is 1.82 bits per heavy atom. The molecule has 0 unspecified atom stereocenters. The van der Waals surface area contributed by atoms with Crippen molar-refractivity contribution in [1.29, 1.82) is 0 Å². The number of furan rings is 1. The number of para-hydroxylation sites is 2. The van der Waals surface area contributed by atoms with Crippen LogP contribution in [0, 0.1) is 0 Å². The summed E-state index contributed by atoms with van der Waals surface area (Å²) in [5, 5.41) is 1.27. The molecule has 4 aromatic rings. The second-order valence-corrected chi connectivity index (χ2v) is 8.50. The fourth-order valence-corrected chi connectivity index (χ4v) is 4.47. The van der Waals surface area contributed by atoms with Gasteiger partial charge in [0.15, 0.2) is 0 Å². The van der Waals surface area contributed by atoms with Crippen molar-refractivity contribution in [2.45, 2.75) is 20.0 Å². The van der Waals surface area contributed by atoms with Crippen molar-refractivity contribution < 1.29 is 18.7 Å². The highest BCUT2D eigenvalue weighted by atomic mass is 35.5. The lowest BCUT2D eigenvalue weighted by Gasteiger charge is -2.23. The minimum absolute atomic E-state index is 0.0976. The molecule has 0 N–H and O–H groups in total. The Hall–Kier alpha value is -3.77. The number of fused-ring (bicyclic) bond motifs is 2. The van der Waals surface area contributed by atoms with Crippen molar-refractivity contribution in [3.63, 3.8) is 0 Å². The molecular formula is C27H23ClN2O4. The van der Waals surface area contributed by atoms with Gasteiger partial charge in [0.2, 0.25) is 5.91 Å². The number of ether oxygens (including phenoxy) is 1. The van der Waals surface area contributed by atoms with Crippen LogP contribution in [0.1, 0.15) is 28.6 Å². The number of hydrogen-bond acceptors (Lipinski definition) is 4. The fourth-order valence-electron chi connectivity index (χ4n) is 4.22. The zero-order valence-electron chi connectivity index (χ0n) is 18.7. The predicted octanol–water partition coefficient (Wildman–Crippen LogP) is 5.67. The molecule has 0 saturated carbocycles. The maximum Gasteiger partial charge on any atom is 0.260 e. The van der Waals surface area contributed by atoms with Crippen LogP contribution in [-0.2, 0) is 17.9 Å². The van der Waals surface area contributed by atoms with Crippen molar-refractivity contribution in [1.82, 2.24) is 4.90 Å². The molecule has 2 heterocycles. The standard InChI is InChI=1S/C27H23ClN2O4/c1-2-33-20-11-12-22(23(28)14-20)27(32)30-17-26(31)29(15-19-8-3-5-9-24(19)30)16-21-13-18-7-4-6-10-25(18)34-21/h3-14H,2,15-17H2,1H3. The molecule has 6 nitrogen and oxygen atoms in total. The Kier molecular flexibility index (Phi) is 5.99. The van der Waals surface area contributed by atoms with E-state index in [4.69, 9.17) is 20.8 Å². The zero-order valence-corrected chi connectivity index (χ0v) is 19.4. The first-order chi connectivity index (χ1) is 16.5. The Balaban J connectivity index is 1.45. The highest BCUT2D eigenvalue weighted by Gasteiger charge is 2.31. The molecule has 34 heavy (non-hydrogen) atoms. The van der Waals surface area contributed by atoms with Gasteiger partial charge in [-0.15, -0.1) is 0 Å². The van der Waals surface area contributed by atoms with E-state index in [9.17, 15) is 9.59 Å². The SMILES string of the molecule is CCOc1ccc(C(=O)N2CC(=O)N(Cc3cc4ccccc4o3)Cc3ccccc32)c(Cl)c1. The average molecular weight is 475 g/mol. The fraction of sp³-hybridized carbons (Fsp3) is 0.185. The van der Waals surface area contributed by atoms with Crippen molar-refractivity contribution >= 4 is 40.1 Å². The number of benzene rings is 3. The van der Waals surface area contributed by atoms with Crippen molar-refractivity contribution in [2.75, 3.05) is 18.1 Å². The van der Waals surface area contributed by atoms with Crippen LogP contribution >= 0.6 is 11.6 Å². The second-order valence-electron chi connectivity index (χ2n) is 8.10. The normalized spacial score (nSPS) is 13.6. The molecule has 172 valence electrons. The van der Waals surface area contributed by atoms with E-state index in [1.165, 1.54) is 4.90 Å². The van der Waals surface area contributed by atoms with Gasteiger partial charge in [-0.05, 0) is 48.9 Å². The van der Waals surface area contributed by atoms with Gasteiger partial charge in [0, 0.05) is 17.6 Å². The van der Waals surface area contributed by atoms with Gasteiger partial charge in [-0.2, -0.15) is 0 Å². The molecule has 3 aromatic carbocycles. The van der Waals surface area contributed by atoms with Gasteiger partial charge >= 0.3 is 0 Å². The lowest BCUT2D eigenvalue weighted by molar-refractivity contribution is -0.130. The predicted molar refractivity (Wildman–Crippen MR) is 131 cm³/mol. The number of anilines is 1. The maximum absolute atomic E-state index is 13.5. The lowest BCUT2D eigenvalue weighted by atomic mass is 10.1. The average Bonchev–Trinajstić information content (AvgIpc) is 3.19. The Morgan fingerprint density at radius 1 is 1.03 bits per heavy atom. The van der Waals surface area contributed by atoms with Crippen LogP contribution < -0.4 is 9.64 Å². The van der Waals surface area contributed by atoms with E-state index < -0.39 is 0 Å². The third-order valence-electron chi connectivity index (χ3n) is 5.84. The summed E-state index contributed by atoms with van der Waals surface area (Å²) in [6.45, 7) is 2.96. The molecule has 5 rings (SSSR count). The molecule has 7 heteroatoms. The van der Waals surface area contributed by atoms with Gasteiger partial charge in [0.05, 0.1) is 23.7 Å². The monoisotopic (exact) mass is 474 g/mol. The van der Waals surface area contributed by atoms with E-state index in [1.54, 1.807) is 23.1 Å². The smallest absolute Gasteiger partial charge is 0.260 e. The van der Waals surface area contributed by atoms with E-state index in [-0.39, 0.29) is 23.4 Å². The first-order valence-corrected chi connectivity index (χ1v) is 11.5. The van der Waals surface area contributed by atoms with E-state index in [1.807, 2.05) is 61.5 Å². The number of amides is 2. The molecule has 2 amide bonds. The summed E-state index contributed by atoms with van der Waals surface area (Å²) < 4.78 is 11.4. The van der Waals surface area contributed by atoms with E-state index in [0.717, 1.165) is 16.5 Å². The van der Waals surface area contributed by atoms with Gasteiger partial charge in [-0.25, -0.2) is 0 Å². The summed E-state index contributed by atoms with van der Waals surface area (Å²) in [7, 11) is 0. The largest absolute Gasteiger partial charge is 0.494 e. The molecule has 0 aliphatic carbocycles. The van der Waals surface area contributed by atoms with Crippen LogP contribution in [0.2, 0.25) is 5.02 Å². The van der Waals surface area contributed by atoms with Crippen molar-refractivity contribution in [3.8, 4) is 5.75 Å². The van der Waals surface area contributed by atoms with Crippen molar-refractivity contribution in [2.24, 2.45) is 0 Å². The number of rotatable bonds is 5. The number of carbonyl (C=O) groups excluding carboxylic acids is 2. The number of nitrogens with zero attached hydrogens (tertiary/aromatic N) is 2. The molecule has 0 fully saturated rings. The Morgan fingerprint density at radius 3 is 2.62 bits per heavy atom. The molecule has 1 aromatic heterocycles. The molecule has 0 spiro atoms. The first kappa shape index (κ1) is 22.0. The van der Waals surface area contributed by atoms with E-state index in [2.05, 4.69) is 0 Å². The van der Waals surface area contributed by atoms with Crippen LogP contribution in [0.3, 0.4) is 0 Å². The molecular weight excluding hydrogens is 452 g/mol. The van der Waals surface area contributed by atoms with Crippen LogP contribution in [0.5, 0.6) is 5.75 Å². The molecule has 1 aliphatic heterocycles. The van der Waals surface area contributed by atoms with Crippen LogP contribution in [0.4, 0.5) is 5.69 Å². The first-order valence-electron chi connectivity index (χ1n) is 11.1. The summed E-state index contributed by atoms with van der Waals surface area (Å²) >= 11 is 6.42. The topological polar surface area (TPSA) is 63.0 Å². The van der Waals surface area contributed by atoms with Gasteiger partial charge in [0.1, 0.15) is 23.6 Å². The van der Waals surface area contributed by atoms with Crippen LogP contribution in [0.25, 0.3) is 11.0 Å². The van der Waals surface area contributed by atoms with Crippen molar-refractivity contribution in [3.05, 3.63) is 94.7 Å². The van der Waals surface area contributed by atoms with Crippen LogP contribution in [-0.4, -0.2) is 29.9 Å². The molecule has 0 bridgehead atoms. The molecule has 1 aliphatic rings. The zero-order chi connectivity index (χ0) is 23.7. The van der Waals surface area contributed by atoms with E-state index in [0.29, 0.717) is 42.5 Å². The van der Waals surface area contributed by atoms with Gasteiger partial charge in [-0.1, -0.05) is 48.0 Å². The minimum atomic E-state index is -0.334. The number of halogens is 1. The van der Waals surface area contributed by atoms with Gasteiger partial charge < -0.3 is 14.1 Å². The third kappa shape index (κ3) is 4.24. The quantitative estimate of drug-likeness (QED) is 0.373. The highest BCUT2D eigenvalue weighted by molar-refractivity contribution is 6.34. The number of hydrogen-bond donors (Lipinski definition) is 0. The van der Waals surface area contributed by atoms with E-state index >= 15 is 0 Å². The van der Waals surface area contributed by atoms with Crippen LogP contribution in [0.15, 0.2) is 77.2 Å². The summed E-state index contributed by atoms with van der Waals surface area (Å²) in [5.41, 5.74) is 2.67. The Bertz CT molecular complexity index is 1350. The minimum Gasteiger partial charge on any atom is -0.494 e. The third-order valence-corrected chi connectivity index (χ3v) is 6.15. The summed E-state index contributed by atoms with van der Waals surface area (Å²) in [6.07, 6.45) is 0. The Labute approximate surface area is 202 Å². The molecule has 0 atom stereocenters. The van der Waals surface area contributed by atoms with Gasteiger partial charge in [0.25, 0.3) is 5.91 Å². The summed E-state index contributed by atoms with van der Waals surface area (Å²) in [5.74, 6) is 0.779. The van der Waals surface area contributed by atoms with Gasteiger partial charge in [-0.3, -0.25) is 14.5 Å². The summed E-state index contributed by atoms with van der Waals surface area (Å²) in [4.78, 5) is 30.1. The maximum atomic E-state index is 13.5. The number of carbonyl (C=O) groups is 2. The molecule has 0 saturated heterocycles. The molecule has 0 radical (unpaired) electrons. The highest BCUT2D eigenvalue weighted by Crippen LogP contribution is 2.31. The summed E-state index contributed by atoms with van der Waals surface area (Å²) in [6, 6.07) is 22.2. The lowest BCUT2D eigenvalue weighted by Crippen LogP contribution is -2.40.